The summed E-state index contributed by atoms with van der Waals surface area (Å²) in [5.74, 6) is 4.29. The molecule has 0 aliphatic carbocycles. The van der Waals surface area contributed by atoms with E-state index in [-0.39, 0.29) is 6.61 Å². The molecule has 2 aromatic carbocycles. The number of benzene rings is 2. The fourth-order valence-corrected chi connectivity index (χ4v) is 2.30. The molecular weight excluding hydrogens is 326 g/mol. The summed E-state index contributed by atoms with van der Waals surface area (Å²) < 4.78 is 5.43. The van der Waals surface area contributed by atoms with Crippen LogP contribution in [0, 0.1) is 19.3 Å². The van der Waals surface area contributed by atoms with Crippen molar-refractivity contribution in [2.45, 2.75) is 6.92 Å². The second kappa shape index (κ2) is 7.90. The van der Waals surface area contributed by atoms with E-state index >= 15 is 0 Å². The van der Waals surface area contributed by atoms with Gasteiger partial charge in [-0.05, 0) is 37.3 Å². The number of nitrogens with zero attached hydrogens (tertiary/aromatic N) is 2. The Morgan fingerprint density at radius 1 is 1.12 bits per heavy atom. The third-order valence-electron chi connectivity index (χ3n) is 3.53. The van der Waals surface area contributed by atoms with Gasteiger partial charge in [0.25, 0.3) is 0 Å². The molecule has 0 spiro atoms. The molecule has 0 radical (unpaired) electrons. The monoisotopic (exact) mass is 345 g/mol. The summed E-state index contributed by atoms with van der Waals surface area (Å²) in [7, 11) is 0. The van der Waals surface area contributed by atoms with Crippen LogP contribution in [0.15, 0.2) is 54.7 Å². The van der Waals surface area contributed by atoms with E-state index in [0.717, 1.165) is 16.9 Å². The summed E-state index contributed by atoms with van der Waals surface area (Å²) in [5.41, 5.74) is 9.09. The Bertz CT molecular complexity index is 949. The van der Waals surface area contributed by atoms with Crippen LogP contribution in [0.5, 0.6) is 5.75 Å². The number of nitrogen functional groups attached to an aromatic ring is 1. The van der Waals surface area contributed by atoms with Gasteiger partial charge in [0.1, 0.15) is 18.2 Å². The first kappa shape index (κ1) is 17.1. The number of hydrogen-bond donors (Lipinski definition) is 3. The number of aryl methyl sites for hydroxylation is 1. The van der Waals surface area contributed by atoms with E-state index in [2.05, 4.69) is 26.5 Å². The average molecular weight is 345 g/mol. The molecule has 0 atom stereocenters. The van der Waals surface area contributed by atoms with E-state index in [1.54, 1.807) is 6.20 Å². The van der Waals surface area contributed by atoms with Crippen LogP contribution in [-0.4, -0.2) is 16.6 Å². The lowest BCUT2D eigenvalue weighted by atomic mass is 10.2. The van der Waals surface area contributed by atoms with E-state index in [9.17, 15) is 0 Å². The summed E-state index contributed by atoms with van der Waals surface area (Å²) in [4.78, 5) is 8.86. The van der Waals surface area contributed by atoms with Crippen molar-refractivity contribution in [2.24, 2.45) is 0 Å². The van der Waals surface area contributed by atoms with Gasteiger partial charge in [-0.3, -0.25) is 0 Å². The third kappa shape index (κ3) is 4.42. The summed E-state index contributed by atoms with van der Waals surface area (Å²) >= 11 is 0. The van der Waals surface area contributed by atoms with Crippen LogP contribution in [-0.2, 0) is 0 Å². The molecule has 0 unspecified atom stereocenters. The van der Waals surface area contributed by atoms with Gasteiger partial charge in [-0.2, -0.15) is 4.98 Å². The van der Waals surface area contributed by atoms with Crippen LogP contribution in [0.25, 0.3) is 0 Å². The zero-order valence-corrected chi connectivity index (χ0v) is 14.4. The Balaban J connectivity index is 1.78. The first-order valence-corrected chi connectivity index (χ1v) is 8.03. The minimum Gasteiger partial charge on any atom is -0.481 e. The Kier molecular flexibility index (Phi) is 5.20. The van der Waals surface area contributed by atoms with Gasteiger partial charge in [-0.1, -0.05) is 18.1 Å². The van der Waals surface area contributed by atoms with Gasteiger partial charge in [0, 0.05) is 34.9 Å². The third-order valence-corrected chi connectivity index (χ3v) is 3.53. The number of rotatable bonds is 6. The number of ether oxygens (including phenoxy) is 1. The molecular formula is C20H19N5O. The van der Waals surface area contributed by atoms with Crippen LogP contribution >= 0.6 is 0 Å². The lowest BCUT2D eigenvalue weighted by Crippen LogP contribution is -2.03. The average Bonchev–Trinajstić information content (AvgIpc) is 2.63. The van der Waals surface area contributed by atoms with Gasteiger partial charge in [-0.25, -0.2) is 4.98 Å². The Morgan fingerprint density at radius 2 is 1.88 bits per heavy atom. The Morgan fingerprint density at radius 3 is 2.65 bits per heavy atom. The van der Waals surface area contributed by atoms with Crippen molar-refractivity contribution in [2.75, 3.05) is 23.0 Å². The summed E-state index contributed by atoms with van der Waals surface area (Å²) in [5, 5.41) is 6.43. The fourth-order valence-electron chi connectivity index (χ4n) is 2.30. The van der Waals surface area contributed by atoms with Gasteiger partial charge in [-0.15, -0.1) is 6.42 Å². The molecule has 0 saturated carbocycles. The highest BCUT2D eigenvalue weighted by Crippen LogP contribution is 2.23. The maximum atomic E-state index is 5.82. The molecule has 6 heteroatoms. The number of nitrogens with one attached hydrogen (secondary N) is 2. The van der Waals surface area contributed by atoms with Crippen LogP contribution in [0.3, 0.4) is 0 Å². The summed E-state index contributed by atoms with van der Waals surface area (Å²) in [6, 6.07) is 14.9. The Hall–Kier alpha value is -3.72. The largest absolute Gasteiger partial charge is 0.481 e. The first-order chi connectivity index (χ1) is 12.6. The summed E-state index contributed by atoms with van der Waals surface area (Å²) in [6.45, 7) is 2.16. The normalized spacial score (nSPS) is 10.0. The van der Waals surface area contributed by atoms with Gasteiger partial charge in [0.2, 0.25) is 5.95 Å². The molecule has 0 aliphatic heterocycles. The quantitative estimate of drug-likeness (QED) is 0.464. The molecule has 6 nitrogen and oxygen atoms in total. The van der Waals surface area contributed by atoms with E-state index in [0.29, 0.717) is 23.2 Å². The maximum absolute atomic E-state index is 5.82. The molecule has 1 aromatic heterocycles. The molecule has 0 saturated heterocycles. The van der Waals surface area contributed by atoms with Crippen molar-refractivity contribution in [3.05, 3.63) is 60.3 Å². The molecule has 3 rings (SSSR count). The van der Waals surface area contributed by atoms with Crippen molar-refractivity contribution in [3.8, 4) is 18.1 Å². The highest BCUT2D eigenvalue weighted by Gasteiger charge is 2.06. The molecule has 4 N–H and O–H groups in total. The van der Waals surface area contributed by atoms with E-state index in [1.165, 1.54) is 0 Å². The molecule has 1 heterocycles. The number of anilines is 5. The van der Waals surface area contributed by atoms with Crippen LogP contribution in [0.1, 0.15) is 5.56 Å². The van der Waals surface area contributed by atoms with Crippen LogP contribution in [0.2, 0.25) is 0 Å². The zero-order valence-electron chi connectivity index (χ0n) is 14.4. The highest BCUT2D eigenvalue weighted by molar-refractivity contribution is 5.65. The van der Waals surface area contributed by atoms with Crippen LogP contribution in [0.4, 0.5) is 28.8 Å². The molecule has 0 amide bonds. The number of aromatic nitrogens is 2. The van der Waals surface area contributed by atoms with E-state index < -0.39 is 0 Å². The van der Waals surface area contributed by atoms with Crippen LogP contribution < -0.4 is 21.1 Å². The fraction of sp³-hybridized carbons (Fsp3) is 0.100. The van der Waals surface area contributed by atoms with Crippen molar-refractivity contribution < 1.29 is 4.74 Å². The second-order valence-electron chi connectivity index (χ2n) is 5.62. The van der Waals surface area contributed by atoms with E-state index in [1.807, 2.05) is 55.5 Å². The minimum absolute atomic E-state index is 0.221. The smallest absolute Gasteiger partial charge is 0.229 e. The number of terminal acetylenes is 1. The lowest BCUT2D eigenvalue weighted by Gasteiger charge is -2.12. The summed E-state index contributed by atoms with van der Waals surface area (Å²) in [6.07, 6.45) is 6.97. The molecule has 3 aromatic rings. The van der Waals surface area contributed by atoms with E-state index in [4.69, 9.17) is 16.9 Å². The van der Waals surface area contributed by atoms with Crippen molar-refractivity contribution in [3.63, 3.8) is 0 Å². The number of nitrogens with two attached hydrogens (primary N) is 1. The maximum Gasteiger partial charge on any atom is 0.229 e. The standard InChI is InChI=1S/C20H19N5O/c1-3-10-26-18-9-5-8-17(12-18)24-20-22-13-14(2)19(25-20)23-16-7-4-6-15(21)11-16/h1,4-9,11-13H,10,21H2,2H3,(H2,22,23,24,25). The molecule has 0 aliphatic rings. The van der Waals surface area contributed by atoms with Crippen molar-refractivity contribution in [1.29, 1.82) is 0 Å². The Labute approximate surface area is 152 Å². The molecule has 0 bridgehead atoms. The van der Waals surface area contributed by atoms with Gasteiger partial charge in [0.15, 0.2) is 0 Å². The van der Waals surface area contributed by atoms with Gasteiger partial charge >= 0.3 is 0 Å². The highest BCUT2D eigenvalue weighted by atomic mass is 16.5. The molecule has 26 heavy (non-hydrogen) atoms. The zero-order chi connectivity index (χ0) is 18.4. The predicted octanol–water partition coefficient (Wildman–Crippen LogP) is 3.87. The molecule has 0 fully saturated rings. The lowest BCUT2D eigenvalue weighted by molar-refractivity contribution is 0.370. The van der Waals surface area contributed by atoms with Gasteiger partial charge in [0.05, 0.1) is 0 Å². The second-order valence-corrected chi connectivity index (χ2v) is 5.62. The van der Waals surface area contributed by atoms with Crippen molar-refractivity contribution in [1.82, 2.24) is 9.97 Å². The minimum atomic E-state index is 0.221. The van der Waals surface area contributed by atoms with Crippen molar-refractivity contribution >= 4 is 28.8 Å². The topological polar surface area (TPSA) is 85.1 Å². The van der Waals surface area contributed by atoms with Gasteiger partial charge < -0.3 is 21.1 Å². The molecule has 130 valence electrons. The predicted molar refractivity (Wildman–Crippen MR) is 105 cm³/mol. The SMILES string of the molecule is C#CCOc1cccc(Nc2ncc(C)c(Nc3cccc(N)c3)n2)c1. The first-order valence-electron chi connectivity index (χ1n) is 8.03. The number of hydrogen-bond acceptors (Lipinski definition) is 6.